The van der Waals surface area contributed by atoms with Gasteiger partial charge >= 0.3 is 0 Å². The third kappa shape index (κ3) is 2.53. The van der Waals surface area contributed by atoms with Crippen molar-refractivity contribution in [2.45, 2.75) is 13.3 Å². The lowest BCUT2D eigenvalue weighted by Crippen LogP contribution is -2.28. The summed E-state index contributed by atoms with van der Waals surface area (Å²) in [6.45, 7) is 5.43. The van der Waals surface area contributed by atoms with Gasteiger partial charge in [-0.05, 0) is 12.5 Å². The van der Waals surface area contributed by atoms with Gasteiger partial charge in [-0.1, -0.05) is 31.7 Å². The summed E-state index contributed by atoms with van der Waals surface area (Å²) in [4.78, 5) is 23.9. The van der Waals surface area contributed by atoms with Crippen molar-refractivity contribution >= 4 is 11.8 Å². The Morgan fingerprint density at radius 1 is 1.33 bits per heavy atom. The van der Waals surface area contributed by atoms with Gasteiger partial charge in [0.1, 0.15) is 0 Å². The van der Waals surface area contributed by atoms with E-state index in [1.807, 2.05) is 6.92 Å². The first-order valence-corrected chi connectivity index (χ1v) is 4.75. The van der Waals surface area contributed by atoms with Crippen LogP contribution in [0.1, 0.15) is 13.3 Å². The van der Waals surface area contributed by atoms with Crippen LogP contribution >= 0.6 is 0 Å². The lowest BCUT2D eigenvalue weighted by molar-refractivity contribution is -0.134. The van der Waals surface area contributed by atoms with E-state index in [2.05, 4.69) is 6.58 Å². The van der Waals surface area contributed by atoms with Crippen LogP contribution in [0.15, 0.2) is 48.7 Å². The Hall–Kier alpha value is -1.90. The fraction of sp³-hybridized carbons (Fsp3) is 0.167. The fourth-order valence-corrected chi connectivity index (χ4v) is 1.28. The van der Waals surface area contributed by atoms with Crippen molar-refractivity contribution in [1.82, 2.24) is 4.90 Å². The molecule has 0 N–H and O–H groups in total. The van der Waals surface area contributed by atoms with Crippen molar-refractivity contribution in [1.29, 1.82) is 0 Å². The summed E-state index contributed by atoms with van der Waals surface area (Å²) in [7, 11) is 0. The number of carbonyl (C=O) groups excluding carboxylic acids is 2. The molecule has 0 fully saturated rings. The van der Waals surface area contributed by atoms with E-state index in [-0.39, 0.29) is 11.8 Å². The van der Waals surface area contributed by atoms with Gasteiger partial charge in [-0.2, -0.15) is 0 Å². The third-order valence-corrected chi connectivity index (χ3v) is 1.99. The van der Waals surface area contributed by atoms with Gasteiger partial charge in [-0.25, -0.2) is 4.90 Å². The summed E-state index contributed by atoms with van der Waals surface area (Å²) in [6, 6.07) is 0. The minimum Gasteiger partial charge on any atom is -0.269 e. The van der Waals surface area contributed by atoms with Crippen LogP contribution in [0.4, 0.5) is 0 Å². The smallest absolute Gasteiger partial charge is 0.257 e. The van der Waals surface area contributed by atoms with Crippen molar-refractivity contribution in [2.75, 3.05) is 0 Å². The number of rotatable bonds is 4. The standard InChI is InChI=1S/C12H13NO2/c1-3-5-6-7-10(4-2)13-11(14)8-9-12(13)15/h3,5-9H,1,4H2,2H3/b6-5-,10-7+. The first-order valence-electron chi connectivity index (χ1n) is 4.75. The Morgan fingerprint density at radius 3 is 2.40 bits per heavy atom. The average molecular weight is 203 g/mol. The molecule has 0 aromatic rings. The van der Waals surface area contributed by atoms with Crippen LogP contribution in [0.3, 0.4) is 0 Å². The molecule has 0 saturated heterocycles. The molecule has 0 bridgehead atoms. The van der Waals surface area contributed by atoms with E-state index in [9.17, 15) is 9.59 Å². The van der Waals surface area contributed by atoms with E-state index in [0.29, 0.717) is 12.1 Å². The second-order valence-electron chi connectivity index (χ2n) is 2.98. The predicted molar refractivity (Wildman–Crippen MR) is 58.7 cm³/mol. The molecule has 1 heterocycles. The molecule has 0 aromatic heterocycles. The van der Waals surface area contributed by atoms with Gasteiger partial charge in [0.25, 0.3) is 11.8 Å². The molecule has 1 rings (SSSR count). The second kappa shape index (κ2) is 5.10. The molecule has 3 heteroatoms. The molecule has 15 heavy (non-hydrogen) atoms. The minimum atomic E-state index is -0.278. The molecule has 0 aromatic carbocycles. The number of hydrogen-bond donors (Lipinski definition) is 0. The summed E-state index contributed by atoms with van der Waals surface area (Å²) >= 11 is 0. The maximum atomic E-state index is 11.4. The Bertz CT molecular complexity index is 357. The number of imide groups is 1. The van der Waals surface area contributed by atoms with Crippen molar-refractivity contribution in [3.63, 3.8) is 0 Å². The summed E-state index contributed by atoms with van der Waals surface area (Å²) in [5.74, 6) is -0.555. The highest BCUT2D eigenvalue weighted by Gasteiger charge is 2.25. The molecule has 3 nitrogen and oxygen atoms in total. The number of carbonyl (C=O) groups is 2. The molecule has 0 radical (unpaired) electrons. The summed E-state index contributed by atoms with van der Waals surface area (Å²) in [6.07, 6.45) is 10.1. The van der Waals surface area contributed by atoms with Gasteiger partial charge in [0.2, 0.25) is 0 Å². The van der Waals surface area contributed by atoms with Crippen molar-refractivity contribution < 1.29 is 9.59 Å². The molecular formula is C12H13NO2. The Morgan fingerprint density at radius 2 is 1.93 bits per heavy atom. The van der Waals surface area contributed by atoms with Crippen molar-refractivity contribution in [3.8, 4) is 0 Å². The average Bonchev–Trinajstić information content (AvgIpc) is 2.55. The van der Waals surface area contributed by atoms with E-state index >= 15 is 0 Å². The lowest BCUT2D eigenvalue weighted by atomic mass is 10.2. The molecule has 2 amide bonds. The molecule has 0 atom stereocenters. The molecule has 0 saturated carbocycles. The maximum absolute atomic E-state index is 11.4. The topological polar surface area (TPSA) is 37.4 Å². The van der Waals surface area contributed by atoms with E-state index < -0.39 is 0 Å². The highest BCUT2D eigenvalue weighted by Crippen LogP contribution is 2.15. The molecule has 0 spiro atoms. The van der Waals surface area contributed by atoms with Crippen molar-refractivity contribution in [3.05, 3.63) is 48.7 Å². The van der Waals surface area contributed by atoms with E-state index in [1.54, 1.807) is 24.3 Å². The molecule has 1 aliphatic rings. The lowest BCUT2D eigenvalue weighted by Gasteiger charge is -2.15. The van der Waals surface area contributed by atoms with Gasteiger partial charge in [-0.3, -0.25) is 9.59 Å². The van der Waals surface area contributed by atoms with E-state index in [0.717, 1.165) is 0 Å². The zero-order valence-electron chi connectivity index (χ0n) is 8.64. The monoisotopic (exact) mass is 203 g/mol. The SMILES string of the molecule is C=C/C=C\C=C(/CC)N1C(=O)C=CC1=O. The number of allylic oxidation sites excluding steroid dienone is 5. The summed E-state index contributed by atoms with van der Waals surface area (Å²) < 4.78 is 0. The van der Waals surface area contributed by atoms with Crippen LogP contribution in [0.5, 0.6) is 0 Å². The second-order valence-corrected chi connectivity index (χ2v) is 2.98. The molecule has 0 aliphatic carbocycles. The number of amides is 2. The van der Waals surface area contributed by atoms with E-state index in [1.165, 1.54) is 17.1 Å². The van der Waals surface area contributed by atoms with E-state index in [4.69, 9.17) is 0 Å². The van der Waals surface area contributed by atoms with Gasteiger partial charge in [-0.15, -0.1) is 0 Å². The number of nitrogens with zero attached hydrogens (tertiary/aromatic N) is 1. The Balaban J connectivity index is 2.88. The largest absolute Gasteiger partial charge is 0.269 e. The zero-order chi connectivity index (χ0) is 11.3. The van der Waals surface area contributed by atoms with Crippen molar-refractivity contribution in [2.24, 2.45) is 0 Å². The predicted octanol–water partition coefficient (Wildman–Crippen LogP) is 1.95. The van der Waals surface area contributed by atoms with Crippen LogP contribution in [0.25, 0.3) is 0 Å². The van der Waals surface area contributed by atoms with Gasteiger partial charge in [0, 0.05) is 17.8 Å². The first-order chi connectivity index (χ1) is 7.20. The third-order valence-electron chi connectivity index (χ3n) is 1.99. The molecule has 0 unspecified atom stereocenters. The van der Waals surface area contributed by atoms with Crippen LogP contribution in [0, 0.1) is 0 Å². The van der Waals surface area contributed by atoms with Crippen LogP contribution in [-0.4, -0.2) is 16.7 Å². The maximum Gasteiger partial charge on any atom is 0.257 e. The normalized spacial score (nSPS) is 16.9. The van der Waals surface area contributed by atoms with Crippen LogP contribution < -0.4 is 0 Å². The zero-order valence-corrected chi connectivity index (χ0v) is 8.64. The Labute approximate surface area is 89.1 Å². The highest BCUT2D eigenvalue weighted by molar-refractivity contribution is 6.14. The number of hydrogen-bond acceptors (Lipinski definition) is 2. The van der Waals surface area contributed by atoms with Gasteiger partial charge < -0.3 is 0 Å². The fourth-order valence-electron chi connectivity index (χ4n) is 1.28. The minimum absolute atomic E-state index is 0.278. The summed E-state index contributed by atoms with van der Waals surface area (Å²) in [5.41, 5.74) is 0.688. The molecular weight excluding hydrogens is 190 g/mol. The molecule has 1 aliphatic heterocycles. The molecule has 78 valence electrons. The van der Waals surface area contributed by atoms with Crippen LogP contribution in [0.2, 0.25) is 0 Å². The van der Waals surface area contributed by atoms with Crippen LogP contribution in [-0.2, 0) is 9.59 Å². The quantitative estimate of drug-likeness (QED) is 0.517. The van der Waals surface area contributed by atoms with Gasteiger partial charge in [0.15, 0.2) is 0 Å². The van der Waals surface area contributed by atoms with Gasteiger partial charge in [0.05, 0.1) is 0 Å². The highest BCUT2D eigenvalue weighted by atomic mass is 16.2. The Kier molecular flexibility index (Phi) is 3.80. The first kappa shape index (κ1) is 11.2. The summed E-state index contributed by atoms with van der Waals surface area (Å²) in [5, 5.41) is 0.